The Bertz CT molecular complexity index is 678. The largest absolute Gasteiger partial charge is 0.461 e. The second-order valence-electron chi connectivity index (χ2n) is 7.35. The van der Waals surface area contributed by atoms with Gasteiger partial charge in [-0.05, 0) is 37.8 Å². The van der Waals surface area contributed by atoms with E-state index in [1.807, 2.05) is 6.07 Å². The van der Waals surface area contributed by atoms with E-state index in [0.29, 0.717) is 29.3 Å². The Morgan fingerprint density at radius 2 is 1.60 bits per heavy atom. The summed E-state index contributed by atoms with van der Waals surface area (Å²) >= 11 is 0. The van der Waals surface area contributed by atoms with Gasteiger partial charge in [0.25, 0.3) is 5.91 Å². The van der Waals surface area contributed by atoms with Crippen LogP contribution in [-0.2, 0) is 0 Å². The van der Waals surface area contributed by atoms with Crippen LogP contribution in [0.2, 0.25) is 0 Å². The van der Waals surface area contributed by atoms with Gasteiger partial charge in [0.05, 0.1) is 6.26 Å². The lowest BCUT2D eigenvalue weighted by atomic mass is 10.0. The van der Waals surface area contributed by atoms with Gasteiger partial charge in [-0.15, -0.1) is 0 Å². The number of carbonyl (C=O) groups is 1. The first kappa shape index (κ1) is 16.4. The van der Waals surface area contributed by atoms with Crippen LogP contribution in [-0.4, -0.2) is 28.0 Å². The molecule has 0 saturated heterocycles. The molecule has 0 spiro atoms. The molecular formula is C20H26N2O3. The second kappa shape index (κ2) is 7.46. The van der Waals surface area contributed by atoms with E-state index in [1.54, 1.807) is 18.4 Å². The molecule has 0 bridgehead atoms. The van der Waals surface area contributed by atoms with Gasteiger partial charge in [0.2, 0.25) is 5.76 Å². The Balaban J connectivity index is 1.58. The molecule has 5 heteroatoms. The lowest BCUT2D eigenvalue weighted by Crippen LogP contribution is -2.46. The van der Waals surface area contributed by atoms with Gasteiger partial charge in [0.15, 0.2) is 11.5 Å². The Kier molecular flexibility index (Phi) is 4.90. The first-order valence-electron chi connectivity index (χ1n) is 9.66. The van der Waals surface area contributed by atoms with Gasteiger partial charge in [-0.3, -0.25) is 4.79 Å². The Labute approximate surface area is 148 Å². The highest BCUT2D eigenvalue weighted by molar-refractivity contribution is 5.93. The van der Waals surface area contributed by atoms with Crippen LogP contribution in [0.5, 0.6) is 0 Å². The molecule has 0 aliphatic heterocycles. The predicted octanol–water partition coefficient (Wildman–Crippen LogP) is 5.04. The van der Waals surface area contributed by atoms with Crippen molar-refractivity contribution in [2.45, 2.75) is 76.3 Å². The summed E-state index contributed by atoms with van der Waals surface area (Å²) in [6.07, 6.45) is 13.5. The molecule has 2 aliphatic rings. The maximum atomic E-state index is 13.3. The van der Waals surface area contributed by atoms with E-state index in [0.717, 1.165) is 25.7 Å². The third-order valence-corrected chi connectivity index (χ3v) is 5.66. The van der Waals surface area contributed by atoms with E-state index < -0.39 is 0 Å². The van der Waals surface area contributed by atoms with Gasteiger partial charge in [0, 0.05) is 18.2 Å². The molecule has 0 radical (unpaired) electrons. The lowest BCUT2D eigenvalue weighted by Gasteiger charge is -2.35. The maximum absolute atomic E-state index is 13.3. The molecule has 5 nitrogen and oxygen atoms in total. The minimum Gasteiger partial charge on any atom is -0.461 e. The number of rotatable bonds is 4. The zero-order valence-electron chi connectivity index (χ0n) is 14.7. The summed E-state index contributed by atoms with van der Waals surface area (Å²) in [6, 6.07) is 6.05. The molecule has 2 aromatic rings. The topological polar surface area (TPSA) is 59.5 Å². The van der Waals surface area contributed by atoms with Gasteiger partial charge in [0.1, 0.15) is 0 Å². The fraction of sp³-hybridized carbons (Fsp3) is 0.600. The minimum absolute atomic E-state index is 0.0281. The number of carbonyl (C=O) groups excluding carboxylic acids is 1. The van der Waals surface area contributed by atoms with E-state index in [2.05, 4.69) is 10.1 Å². The summed E-state index contributed by atoms with van der Waals surface area (Å²) < 4.78 is 10.7. The Morgan fingerprint density at radius 1 is 0.960 bits per heavy atom. The zero-order chi connectivity index (χ0) is 17.1. The van der Waals surface area contributed by atoms with Crippen molar-refractivity contribution in [3.63, 3.8) is 0 Å². The van der Waals surface area contributed by atoms with Crippen LogP contribution >= 0.6 is 0 Å². The molecule has 0 N–H and O–H groups in total. The first-order valence-corrected chi connectivity index (χ1v) is 9.66. The summed E-state index contributed by atoms with van der Waals surface area (Å²) in [5.41, 5.74) is 0.405. The third-order valence-electron chi connectivity index (χ3n) is 5.66. The maximum Gasteiger partial charge on any atom is 0.276 e. The number of nitrogens with zero attached hydrogens (tertiary/aromatic N) is 2. The van der Waals surface area contributed by atoms with Gasteiger partial charge in [-0.25, -0.2) is 0 Å². The number of hydrogen-bond donors (Lipinski definition) is 0. The number of aromatic nitrogens is 1. The molecule has 2 fully saturated rings. The molecule has 2 aromatic heterocycles. The van der Waals surface area contributed by atoms with Gasteiger partial charge < -0.3 is 13.8 Å². The van der Waals surface area contributed by atoms with Gasteiger partial charge in [-0.1, -0.05) is 43.7 Å². The average Bonchev–Trinajstić information content (AvgIpc) is 3.35. The molecule has 25 heavy (non-hydrogen) atoms. The predicted molar refractivity (Wildman–Crippen MR) is 94.1 cm³/mol. The molecule has 4 rings (SSSR count). The van der Waals surface area contributed by atoms with Crippen molar-refractivity contribution in [3.05, 3.63) is 30.2 Å². The molecule has 134 valence electrons. The van der Waals surface area contributed by atoms with Crippen molar-refractivity contribution in [1.82, 2.24) is 10.1 Å². The second-order valence-corrected chi connectivity index (χ2v) is 7.35. The van der Waals surface area contributed by atoms with Gasteiger partial charge >= 0.3 is 0 Å². The third kappa shape index (κ3) is 3.51. The normalized spacial score (nSPS) is 19.8. The van der Waals surface area contributed by atoms with Crippen LogP contribution < -0.4 is 0 Å². The van der Waals surface area contributed by atoms with Crippen LogP contribution in [0.4, 0.5) is 0 Å². The van der Waals surface area contributed by atoms with Crippen LogP contribution in [0, 0.1) is 0 Å². The first-order chi connectivity index (χ1) is 12.3. The van der Waals surface area contributed by atoms with E-state index in [4.69, 9.17) is 8.94 Å². The van der Waals surface area contributed by atoms with Crippen molar-refractivity contribution >= 4 is 5.91 Å². The monoisotopic (exact) mass is 342 g/mol. The van der Waals surface area contributed by atoms with E-state index in [-0.39, 0.29) is 5.91 Å². The average molecular weight is 342 g/mol. The zero-order valence-corrected chi connectivity index (χ0v) is 14.7. The molecule has 1 amide bonds. The van der Waals surface area contributed by atoms with Crippen LogP contribution in [0.3, 0.4) is 0 Å². The highest BCUT2D eigenvalue weighted by Crippen LogP contribution is 2.32. The van der Waals surface area contributed by atoms with Crippen molar-refractivity contribution in [2.24, 2.45) is 0 Å². The quantitative estimate of drug-likeness (QED) is 0.730. The van der Waals surface area contributed by atoms with Gasteiger partial charge in [-0.2, -0.15) is 0 Å². The van der Waals surface area contributed by atoms with Crippen molar-refractivity contribution in [2.75, 3.05) is 0 Å². The molecule has 0 aromatic carbocycles. The minimum atomic E-state index is 0.0281. The lowest BCUT2D eigenvalue weighted by molar-refractivity contribution is 0.0541. The molecule has 2 heterocycles. The van der Waals surface area contributed by atoms with Crippen LogP contribution in [0.25, 0.3) is 11.5 Å². The highest BCUT2D eigenvalue weighted by Gasteiger charge is 2.34. The van der Waals surface area contributed by atoms with Crippen molar-refractivity contribution < 1.29 is 13.7 Å². The van der Waals surface area contributed by atoms with Crippen molar-refractivity contribution in [3.8, 4) is 11.5 Å². The fourth-order valence-electron chi connectivity index (χ4n) is 4.39. The summed E-state index contributed by atoms with van der Waals surface area (Å²) in [5.74, 6) is 1.15. The summed E-state index contributed by atoms with van der Waals surface area (Å²) in [6.45, 7) is 0. The number of amides is 1. The SMILES string of the molecule is O=C(c1cc(-c2ccco2)on1)N(C1CCCCCC1)C1CCCC1. The Hall–Kier alpha value is -2.04. The number of furan rings is 1. The molecule has 2 aliphatic carbocycles. The van der Waals surface area contributed by atoms with Crippen LogP contribution in [0.15, 0.2) is 33.4 Å². The van der Waals surface area contributed by atoms with Crippen molar-refractivity contribution in [1.29, 1.82) is 0 Å². The summed E-state index contributed by atoms with van der Waals surface area (Å²) in [5, 5.41) is 4.06. The van der Waals surface area contributed by atoms with E-state index in [1.165, 1.54) is 38.5 Å². The smallest absolute Gasteiger partial charge is 0.276 e. The van der Waals surface area contributed by atoms with Crippen LogP contribution in [0.1, 0.15) is 74.7 Å². The molecule has 2 saturated carbocycles. The molecule has 0 atom stereocenters. The Morgan fingerprint density at radius 3 is 2.20 bits per heavy atom. The fourth-order valence-corrected chi connectivity index (χ4v) is 4.39. The number of hydrogen-bond acceptors (Lipinski definition) is 4. The summed E-state index contributed by atoms with van der Waals surface area (Å²) in [4.78, 5) is 15.5. The standard InChI is InChI=1S/C20H26N2O3/c23-20(17-14-19(25-21-17)18-12-7-13-24-18)22(16-10-5-6-11-16)15-8-3-1-2-4-9-15/h7,12-16H,1-6,8-11H2. The highest BCUT2D eigenvalue weighted by atomic mass is 16.5. The van der Waals surface area contributed by atoms with E-state index in [9.17, 15) is 4.79 Å². The molecule has 0 unspecified atom stereocenters. The summed E-state index contributed by atoms with van der Waals surface area (Å²) in [7, 11) is 0. The molecular weight excluding hydrogens is 316 g/mol. The van der Waals surface area contributed by atoms with E-state index >= 15 is 0 Å².